The molecule has 4 rings (SSSR count). The van der Waals surface area contributed by atoms with Gasteiger partial charge in [-0.05, 0) is 49.2 Å². The molecule has 2 aromatic carbocycles. The number of allylic oxidation sites excluding steroid dienone is 1. The Balaban J connectivity index is 1.64. The summed E-state index contributed by atoms with van der Waals surface area (Å²) >= 11 is 0. The molecule has 0 bridgehead atoms. The number of hydrogen-bond acceptors (Lipinski definition) is 6. The Morgan fingerprint density at radius 2 is 1.89 bits per heavy atom. The minimum absolute atomic E-state index is 0.0229. The highest BCUT2D eigenvalue weighted by atomic mass is 16.5. The monoisotopic (exact) mass is 520 g/mol. The van der Waals surface area contributed by atoms with E-state index in [1.165, 1.54) is 0 Å². The van der Waals surface area contributed by atoms with E-state index in [-0.39, 0.29) is 11.8 Å². The number of methoxy groups -OCH3 is 2. The van der Waals surface area contributed by atoms with Gasteiger partial charge in [0.05, 0.1) is 26.3 Å². The van der Waals surface area contributed by atoms with Gasteiger partial charge in [0.1, 0.15) is 11.5 Å². The number of hydrogen-bond donors (Lipinski definition) is 1. The number of rotatable bonds is 8. The average Bonchev–Trinajstić information content (AvgIpc) is 3.08. The Labute approximate surface area is 226 Å². The summed E-state index contributed by atoms with van der Waals surface area (Å²) in [5.41, 5.74) is 4.30. The number of piperidine rings is 1. The molecule has 204 valence electrons. The van der Waals surface area contributed by atoms with Crippen molar-refractivity contribution in [1.29, 1.82) is 0 Å². The Morgan fingerprint density at radius 3 is 2.50 bits per heavy atom. The quantitative estimate of drug-likeness (QED) is 0.530. The minimum atomic E-state index is -0.425. The lowest BCUT2D eigenvalue weighted by Gasteiger charge is -2.46. The van der Waals surface area contributed by atoms with E-state index in [2.05, 4.69) is 25.2 Å². The smallest absolute Gasteiger partial charge is 0.253 e. The molecule has 1 saturated heterocycles. The van der Waals surface area contributed by atoms with E-state index in [0.29, 0.717) is 43.8 Å². The molecule has 1 atom stereocenters. The molecule has 1 unspecified atom stereocenters. The fourth-order valence-electron chi connectivity index (χ4n) is 5.86. The van der Waals surface area contributed by atoms with E-state index in [9.17, 15) is 9.59 Å². The number of nitrogens with one attached hydrogen (secondary N) is 1. The lowest BCUT2D eigenvalue weighted by Crippen LogP contribution is -2.58. The van der Waals surface area contributed by atoms with Crippen LogP contribution in [0.1, 0.15) is 54.1 Å². The second-order valence-corrected chi connectivity index (χ2v) is 10.3. The van der Waals surface area contributed by atoms with Crippen molar-refractivity contribution in [2.75, 3.05) is 52.8 Å². The lowest BCUT2D eigenvalue weighted by atomic mass is 9.81. The number of nitrogens with zero attached hydrogens (tertiary/aromatic N) is 3. The molecule has 2 aromatic rings. The zero-order valence-electron chi connectivity index (χ0n) is 23.4. The van der Waals surface area contributed by atoms with Gasteiger partial charge in [0, 0.05) is 61.7 Å². The van der Waals surface area contributed by atoms with Crippen LogP contribution in [0, 0.1) is 0 Å². The first-order valence-electron chi connectivity index (χ1n) is 13.3. The Kier molecular flexibility index (Phi) is 8.31. The average molecular weight is 521 g/mol. The van der Waals surface area contributed by atoms with Crippen LogP contribution >= 0.6 is 0 Å². The van der Waals surface area contributed by atoms with Crippen molar-refractivity contribution in [3.8, 4) is 11.5 Å². The highest BCUT2D eigenvalue weighted by Crippen LogP contribution is 2.42. The maximum Gasteiger partial charge on any atom is 0.253 e. The second kappa shape index (κ2) is 11.5. The predicted octanol–water partition coefficient (Wildman–Crippen LogP) is 4.01. The molecule has 0 saturated carbocycles. The minimum Gasteiger partial charge on any atom is -0.497 e. The maximum atomic E-state index is 13.4. The van der Waals surface area contributed by atoms with Crippen LogP contribution in [-0.2, 0) is 11.3 Å². The molecule has 0 spiro atoms. The van der Waals surface area contributed by atoms with Crippen molar-refractivity contribution >= 4 is 18.0 Å². The first-order chi connectivity index (χ1) is 18.3. The van der Waals surface area contributed by atoms with Gasteiger partial charge in [0.2, 0.25) is 6.41 Å². The number of carbonyl (C=O) groups is 2. The summed E-state index contributed by atoms with van der Waals surface area (Å²) in [5.74, 6) is 1.52. The molecular weight excluding hydrogens is 480 g/mol. The zero-order valence-corrected chi connectivity index (χ0v) is 23.4. The van der Waals surface area contributed by atoms with Crippen molar-refractivity contribution in [3.63, 3.8) is 0 Å². The van der Waals surface area contributed by atoms with Crippen LogP contribution in [0.25, 0.3) is 0 Å². The van der Waals surface area contributed by atoms with Gasteiger partial charge in [-0.3, -0.25) is 9.59 Å². The first-order valence-corrected chi connectivity index (χ1v) is 13.3. The van der Waals surface area contributed by atoms with Gasteiger partial charge in [-0.2, -0.15) is 0 Å². The van der Waals surface area contributed by atoms with Gasteiger partial charge >= 0.3 is 0 Å². The summed E-state index contributed by atoms with van der Waals surface area (Å²) in [6, 6.07) is 11.6. The summed E-state index contributed by atoms with van der Waals surface area (Å²) in [4.78, 5) is 31.7. The molecular formula is C30H40N4O4. The predicted molar refractivity (Wildman–Crippen MR) is 150 cm³/mol. The van der Waals surface area contributed by atoms with Gasteiger partial charge in [-0.15, -0.1) is 0 Å². The number of carbonyl (C=O) groups excluding carboxylic acids is 2. The standard InChI is InChI=1S/C30H40N4O4/c1-7-31-30(11-13-33(14-12-30)29(36)22-9-8-10-24(16-22)32(3)4)27-15-21(2)28-23(19-34(27)20-35)17-25(37-5)18-26(28)38-6/h8-10,15-18,20-21,31H,7,11-14,19H2,1-6H3. The summed E-state index contributed by atoms with van der Waals surface area (Å²) < 4.78 is 11.2. The molecule has 2 amide bonds. The van der Waals surface area contributed by atoms with Crippen LogP contribution in [0.15, 0.2) is 48.2 Å². The van der Waals surface area contributed by atoms with Crippen molar-refractivity contribution in [3.05, 3.63) is 64.9 Å². The molecule has 0 aliphatic carbocycles. The van der Waals surface area contributed by atoms with Crippen molar-refractivity contribution in [2.24, 2.45) is 0 Å². The Hall–Kier alpha value is -3.52. The van der Waals surface area contributed by atoms with Crippen molar-refractivity contribution in [1.82, 2.24) is 15.1 Å². The van der Waals surface area contributed by atoms with Crippen LogP contribution in [0.3, 0.4) is 0 Å². The molecule has 2 aliphatic heterocycles. The van der Waals surface area contributed by atoms with Gasteiger partial charge < -0.3 is 29.5 Å². The first kappa shape index (κ1) is 27.5. The number of anilines is 1. The summed E-state index contributed by atoms with van der Waals surface area (Å²) in [7, 11) is 7.24. The van der Waals surface area contributed by atoms with E-state index in [1.807, 2.05) is 65.2 Å². The fourth-order valence-corrected chi connectivity index (χ4v) is 5.86. The maximum absolute atomic E-state index is 13.4. The second-order valence-electron chi connectivity index (χ2n) is 10.3. The molecule has 1 fully saturated rings. The lowest BCUT2D eigenvalue weighted by molar-refractivity contribution is -0.117. The van der Waals surface area contributed by atoms with E-state index in [4.69, 9.17) is 9.47 Å². The highest BCUT2D eigenvalue weighted by molar-refractivity contribution is 5.95. The number of amides is 2. The van der Waals surface area contributed by atoms with Crippen LogP contribution in [0.4, 0.5) is 5.69 Å². The van der Waals surface area contributed by atoms with Gasteiger partial charge in [0.25, 0.3) is 5.91 Å². The Morgan fingerprint density at radius 1 is 1.16 bits per heavy atom. The van der Waals surface area contributed by atoms with Crippen molar-refractivity contribution in [2.45, 2.75) is 44.7 Å². The van der Waals surface area contributed by atoms with E-state index >= 15 is 0 Å². The number of benzene rings is 2. The Bertz CT molecular complexity index is 1200. The van der Waals surface area contributed by atoms with Gasteiger partial charge in [0.15, 0.2) is 0 Å². The molecule has 1 N–H and O–H groups in total. The van der Waals surface area contributed by atoms with E-state index in [0.717, 1.165) is 41.2 Å². The van der Waals surface area contributed by atoms with Crippen LogP contribution in [0.2, 0.25) is 0 Å². The van der Waals surface area contributed by atoms with E-state index in [1.54, 1.807) is 14.2 Å². The number of likely N-dealkylation sites (tertiary alicyclic amines) is 1. The SMILES string of the molecule is CCNC1(C2=CC(C)c3c(cc(OC)cc3OC)CN2C=O)CCN(C(=O)c2cccc(N(C)C)c2)CC1. The third-order valence-electron chi connectivity index (χ3n) is 7.82. The van der Waals surface area contributed by atoms with Crippen molar-refractivity contribution < 1.29 is 19.1 Å². The van der Waals surface area contributed by atoms with Crippen LogP contribution in [-0.4, -0.2) is 75.6 Å². The largest absolute Gasteiger partial charge is 0.497 e. The number of ether oxygens (including phenoxy) is 2. The normalized spacial score (nSPS) is 18.7. The molecule has 38 heavy (non-hydrogen) atoms. The zero-order chi connectivity index (χ0) is 27.4. The highest BCUT2D eigenvalue weighted by Gasteiger charge is 2.42. The molecule has 2 heterocycles. The molecule has 2 aliphatic rings. The molecule has 8 nitrogen and oxygen atoms in total. The van der Waals surface area contributed by atoms with Crippen LogP contribution < -0.4 is 19.7 Å². The topological polar surface area (TPSA) is 74.3 Å². The van der Waals surface area contributed by atoms with Gasteiger partial charge in [-0.1, -0.05) is 26.0 Å². The van der Waals surface area contributed by atoms with Gasteiger partial charge in [-0.25, -0.2) is 0 Å². The molecule has 0 aromatic heterocycles. The molecule has 0 radical (unpaired) electrons. The fraction of sp³-hybridized carbons (Fsp3) is 0.467. The third kappa shape index (κ3) is 5.23. The van der Waals surface area contributed by atoms with E-state index < -0.39 is 5.54 Å². The number of fused-ring (bicyclic) bond motifs is 1. The summed E-state index contributed by atoms with van der Waals surface area (Å²) in [6.07, 6.45) is 4.53. The summed E-state index contributed by atoms with van der Waals surface area (Å²) in [6.45, 7) is 6.59. The molecule has 8 heteroatoms. The summed E-state index contributed by atoms with van der Waals surface area (Å²) in [5, 5.41) is 3.71. The third-order valence-corrected chi connectivity index (χ3v) is 7.82. The number of likely N-dealkylation sites (N-methyl/N-ethyl adjacent to an activating group) is 1. The van der Waals surface area contributed by atoms with Crippen LogP contribution in [0.5, 0.6) is 11.5 Å².